The van der Waals surface area contributed by atoms with Crippen LogP contribution in [0.25, 0.3) is 0 Å². The summed E-state index contributed by atoms with van der Waals surface area (Å²) in [7, 11) is 0. The van der Waals surface area contributed by atoms with Crippen LogP contribution in [0.3, 0.4) is 0 Å². The molecule has 0 N–H and O–H groups in total. The van der Waals surface area contributed by atoms with Gasteiger partial charge in [-0.05, 0) is 50.4 Å². The van der Waals surface area contributed by atoms with Gasteiger partial charge in [0.05, 0.1) is 11.3 Å². The standard InChI is InChI=1S/C18H25F3O4/c1-3-11(2)14(22)25-17-7-12-4-13(8-17)6-16(5-12,9-17)15(23)24-10-18(19,20)21/h11-13H,3-10H2,1-2H3. The minimum Gasteiger partial charge on any atom is -0.459 e. The highest BCUT2D eigenvalue weighted by atomic mass is 19.4. The average molecular weight is 362 g/mol. The van der Waals surface area contributed by atoms with E-state index in [0.29, 0.717) is 38.5 Å². The maximum Gasteiger partial charge on any atom is 0.422 e. The predicted octanol–water partition coefficient (Wildman–Crippen LogP) is 4.02. The Labute approximate surface area is 145 Å². The SMILES string of the molecule is CCC(C)C(=O)OC12CC3CC(C1)CC(C(=O)OCC(F)(F)F)(C3)C2. The first-order valence-electron chi connectivity index (χ1n) is 9.03. The molecule has 4 saturated carbocycles. The average Bonchev–Trinajstić information content (AvgIpc) is 2.49. The molecular weight excluding hydrogens is 337 g/mol. The number of carbonyl (C=O) groups excluding carboxylic acids is 2. The molecule has 0 spiro atoms. The second-order valence-electron chi connectivity index (χ2n) is 8.35. The summed E-state index contributed by atoms with van der Waals surface area (Å²) in [6.07, 6.45) is -0.104. The largest absolute Gasteiger partial charge is 0.459 e. The van der Waals surface area contributed by atoms with Crippen molar-refractivity contribution in [2.24, 2.45) is 23.2 Å². The molecule has 0 saturated heterocycles. The summed E-state index contributed by atoms with van der Waals surface area (Å²) < 4.78 is 47.7. The fourth-order valence-corrected chi connectivity index (χ4v) is 5.32. The maximum absolute atomic E-state index is 12.5. The van der Waals surface area contributed by atoms with Crippen molar-refractivity contribution in [1.82, 2.24) is 0 Å². The van der Waals surface area contributed by atoms with Crippen LogP contribution in [0.5, 0.6) is 0 Å². The highest BCUT2D eigenvalue weighted by Crippen LogP contribution is 2.63. The first-order chi connectivity index (χ1) is 11.6. The van der Waals surface area contributed by atoms with Crippen LogP contribution >= 0.6 is 0 Å². The van der Waals surface area contributed by atoms with Gasteiger partial charge in [0.1, 0.15) is 5.60 Å². The van der Waals surface area contributed by atoms with Gasteiger partial charge in [0.15, 0.2) is 6.61 Å². The number of alkyl halides is 3. The van der Waals surface area contributed by atoms with Crippen LogP contribution in [-0.2, 0) is 19.1 Å². The van der Waals surface area contributed by atoms with Gasteiger partial charge in [-0.2, -0.15) is 13.2 Å². The van der Waals surface area contributed by atoms with Gasteiger partial charge >= 0.3 is 18.1 Å². The third-order valence-corrected chi connectivity index (χ3v) is 6.14. The molecule has 3 unspecified atom stereocenters. The van der Waals surface area contributed by atoms with E-state index in [1.54, 1.807) is 6.92 Å². The number of ether oxygens (including phenoxy) is 2. The van der Waals surface area contributed by atoms with Crippen LogP contribution in [0.2, 0.25) is 0 Å². The highest BCUT2D eigenvalue weighted by molar-refractivity contribution is 5.78. The third-order valence-electron chi connectivity index (χ3n) is 6.14. The van der Waals surface area contributed by atoms with Gasteiger partial charge in [-0.3, -0.25) is 9.59 Å². The van der Waals surface area contributed by atoms with Gasteiger partial charge in [-0.25, -0.2) is 0 Å². The van der Waals surface area contributed by atoms with E-state index in [1.807, 2.05) is 6.92 Å². The van der Waals surface area contributed by atoms with E-state index in [0.717, 1.165) is 6.42 Å². The van der Waals surface area contributed by atoms with Gasteiger partial charge in [0, 0.05) is 6.42 Å². The topological polar surface area (TPSA) is 52.6 Å². The lowest BCUT2D eigenvalue weighted by molar-refractivity contribution is -0.224. The van der Waals surface area contributed by atoms with Crippen LogP contribution in [0, 0.1) is 23.2 Å². The Kier molecular flexibility index (Phi) is 4.57. The molecule has 25 heavy (non-hydrogen) atoms. The van der Waals surface area contributed by atoms with Crippen LogP contribution < -0.4 is 0 Å². The number of halogens is 3. The predicted molar refractivity (Wildman–Crippen MR) is 82.4 cm³/mol. The molecule has 0 aromatic rings. The van der Waals surface area contributed by atoms with Crippen molar-refractivity contribution >= 4 is 11.9 Å². The minimum absolute atomic E-state index is 0.212. The molecule has 4 aliphatic rings. The first kappa shape index (κ1) is 18.5. The summed E-state index contributed by atoms with van der Waals surface area (Å²) in [4.78, 5) is 24.8. The molecule has 3 atom stereocenters. The van der Waals surface area contributed by atoms with Crippen LogP contribution in [0.15, 0.2) is 0 Å². The summed E-state index contributed by atoms with van der Waals surface area (Å²) >= 11 is 0. The Bertz CT molecular complexity index is 543. The Morgan fingerprint density at radius 2 is 1.76 bits per heavy atom. The van der Waals surface area contributed by atoms with E-state index in [9.17, 15) is 22.8 Å². The van der Waals surface area contributed by atoms with Crippen LogP contribution in [-0.4, -0.2) is 30.3 Å². The number of carbonyl (C=O) groups is 2. The maximum atomic E-state index is 12.5. The van der Waals surface area contributed by atoms with Crippen molar-refractivity contribution in [3.8, 4) is 0 Å². The lowest BCUT2D eigenvalue weighted by Gasteiger charge is -2.59. The van der Waals surface area contributed by atoms with E-state index in [1.165, 1.54) is 0 Å². The summed E-state index contributed by atoms with van der Waals surface area (Å²) in [6, 6.07) is 0. The fraction of sp³-hybridized carbons (Fsp3) is 0.889. The number of esters is 2. The molecule has 4 bridgehead atoms. The second kappa shape index (κ2) is 6.16. The normalized spacial score (nSPS) is 37.6. The molecule has 4 fully saturated rings. The zero-order valence-corrected chi connectivity index (χ0v) is 14.7. The Morgan fingerprint density at radius 1 is 1.16 bits per heavy atom. The number of rotatable bonds is 5. The Balaban J connectivity index is 1.76. The monoisotopic (exact) mass is 362 g/mol. The molecule has 0 heterocycles. The van der Waals surface area contributed by atoms with Gasteiger partial charge in [-0.15, -0.1) is 0 Å². The molecule has 142 valence electrons. The van der Waals surface area contributed by atoms with Crippen molar-refractivity contribution in [2.75, 3.05) is 6.61 Å². The first-order valence-corrected chi connectivity index (χ1v) is 9.03. The summed E-state index contributed by atoms with van der Waals surface area (Å²) in [5, 5.41) is 0. The van der Waals surface area contributed by atoms with E-state index in [-0.39, 0.29) is 23.7 Å². The van der Waals surface area contributed by atoms with Crippen LogP contribution in [0.1, 0.15) is 58.8 Å². The Hall–Kier alpha value is -1.27. The molecular formula is C18H25F3O4. The number of hydrogen-bond donors (Lipinski definition) is 0. The van der Waals surface area contributed by atoms with Crippen molar-refractivity contribution in [3.63, 3.8) is 0 Å². The lowest BCUT2D eigenvalue weighted by atomic mass is 9.48. The van der Waals surface area contributed by atoms with Gasteiger partial charge in [0.25, 0.3) is 0 Å². The van der Waals surface area contributed by atoms with E-state index in [2.05, 4.69) is 4.74 Å². The molecule has 0 aliphatic heterocycles. The highest BCUT2D eigenvalue weighted by Gasteiger charge is 2.63. The fourth-order valence-electron chi connectivity index (χ4n) is 5.32. The van der Waals surface area contributed by atoms with Crippen molar-refractivity contribution in [2.45, 2.75) is 70.6 Å². The van der Waals surface area contributed by atoms with Gasteiger partial charge < -0.3 is 9.47 Å². The molecule has 0 aromatic heterocycles. The molecule has 0 amide bonds. The smallest absolute Gasteiger partial charge is 0.422 e. The van der Waals surface area contributed by atoms with Crippen LogP contribution in [0.4, 0.5) is 13.2 Å². The summed E-state index contributed by atoms with van der Waals surface area (Å²) in [5.74, 6) is -0.846. The van der Waals surface area contributed by atoms with Crippen molar-refractivity contribution < 1.29 is 32.2 Å². The van der Waals surface area contributed by atoms with E-state index >= 15 is 0 Å². The molecule has 0 radical (unpaired) electrons. The molecule has 7 heteroatoms. The zero-order chi connectivity index (χ0) is 18.5. The van der Waals surface area contributed by atoms with E-state index in [4.69, 9.17) is 4.74 Å². The van der Waals surface area contributed by atoms with Crippen molar-refractivity contribution in [1.29, 1.82) is 0 Å². The molecule has 4 aliphatic carbocycles. The van der Waals surface area contributed by atoms with Gasteiger partial charge in [-0.1, -0.05) is 13.8 Å². The van der Waals surface area contributed by atoms with E-state index < -0.39 is 29.8 Å². The zero-order valence-electron chi connectivity index (χ0n) is 14.7. The lowest BCUT2D eigenvalue weighted by Crippen LogP contribution is -2.60. The molecule has 0 aromatic carbocycles. The second-order valence-corrected chi connectivity index (χ2v) is 8.35. The Morgan fingerprint density at radius 3 is 2.28 bits per heavy atom. The molecule has 4 nitrogen and oxygen atoms in total. The quantitative estimate of drug-likeness (QED) is 0.693. The molecule has 4 rings (SSSR count). The summed E-state index contributed by atoms with van der Waals surface area (Å²) in [6.45, 7) is 2.15. The van der Waals surface area contributed by atoms with Gasteiger partial charge in [0.2, 0.25) is 0 Å². The minimum atomic E-state index is -4.53. The van der Waals surface area contributed by atoms with Crippen molar-refractivity contribution in [3.05, 3.63) is 0 Å². The number of hydrogen-bond acceptors (Lipinski definition) is 4. The summed E-state index contributed by atoms with van der Waals surface area (Å²) in [5.41, 5.74) is -1.63. The third kappa shape index (κ3) is 3.65.